The molecule has 1 heterocycles. The average Bonchev–Trinajstić information content (AvgIpc) is 2.40. The van der Waals surface area contributed by atoms with E-state index in [9.17, 15) is 0 Å². The highest BCUT2D eigenvalue weighted by Crippen LogP contribution is 2.17. The van der Waals surface area contributed by atoms with Gasteiger partial charge in [0.2, 0.25) is 5.52 Å². The van der Waals surface area contributed by atoms with Crippen LogP contribution in [0.15, 0.2) is 60.8 Å². The number of aromatic nitrogens is 2. The summed E-state index contributed by atoms with van der Waals surface area (Å²) in [5, 5.41) is 0. The molecule has 0 spiro atoms. The van der Waals surface area contributed by atoms with E-state index in [2.05, 4.69) is 41.0 Å². The van der Waals surface area contributed by atoms with E-state index in [1.807, 2.05) is 36.4 Å². The van der Waals surface area contributed by atoms with Crippen LogP contribution in [-0.4, -0.2) is 4.98 Å². The van der Waals surface area contributed by atoms with Gasteiger partial charge in [-0.15, -0.1) is 0 Å². The van der Waals surface area contributed by atoms with Crippen LogP contribution in [0.2, 0.25) is 0 Å². The summed E-state index contributed by atoms with van der Waals surface area (Å²) in [6.07, 6.45) is 2.07. The lowest BCUT2D eigenvalue weighted by molar-refractivity contribution is -0.644. The maximum Gasteiger partial charge on any atom is 0.230 e. The summed E-state index contributed by atoms with van der Waals surface area (Å²) in [5.41, 5.74) is 4.32. The van der Waals surface area contributed by atoms with Crippen LogP contribution in [0, 0.1) is 0 Å². The number of fused-ring (bicyclic) bond motifs is 1. The van der Waals surface area contributed by atoms with Gasteiger partial charge < -0.3 is 24.0 Å². The highest BCUT2D eigenvalue weighted by atomic mass is 127. The summed E-state index contributed by atoms with van der Waals surface area (Å²) in [5.74, 6) is 0. The fourth-order valence-corrected chi connectivity index (χ4v) is 2.02. The zero-order chi connectivity index (χ0) is 11.7. The zero-order valence-corrected chi connectivity index (χ0v) is 12.2. The highest BCUT2D eigenvalue weighted by molar-refractivity contribution is 5.73. The van der Waals surface area contributed by atoms with E-state index in [0.29, 0.717) is 0 Å². The lowest BCUT2D eigenvalue weighted by atomic mass is 10.1. The first-order valence-electron chi connectivity index (χ1n) is 5.65. The van der Waals surface area contributed by atoms with Crippen molar-refractivity contribution in [2.45, 2.75) is 0 Å². The quantitative estimate of drug-likeness (QED) is 0.437. The maximum absolute atomic E-state index is 4.69. The maximum atomic E-state index is 4.69. The van der Waals surface area contributed by atoms with E-state index in [4.69, 9.17) is 0 Å². The molecule has 0 N–H and O–H groups in total. The van der Waals surface area contributed by atoms with Crippen molar-refractivity contribution < 1.29 is 28.5 Å². The van der Waals surface area contributed by atoms with Crippen LogP contribution in [-0.2, 0) is 7.05 Å². The van der Waals surface area contributed by atoms with Gasteiger partial charge in [0.1, 0.15) is 18.3 Å². The van der Waals surface area contributed by atoms with Gasteiger partial charge in [-0.05, 0) is 6.07 Å². The number of rotatable bonds is 1. The third kappa shape index (κ3) is 2.36. The number of halogens is 1. The SMILES string of the molecule is C[n+]1cc(-c2ccccc2)nc2ccccc21.[I-]. The third-order valence-electron chi connectivity index (χ3n) is 2.89. The van der Waals surface area contributed by atoms with Crippen molar-refractivity contribution >= 4 is 11.0 Å². The molecule has 0 fully saturated rings. The predicted octanol–water partition coefficient (Wildman–Crippen LogP) is -0.270. The van der Waals surface area contributed by atoms with Gasteiger partial charge in [-0.2, -0.15) is 4.57 Å². The molecular weight excluding hydrogens is 335 g/mol. The second-order valence-corrected chi connectivity index (χ2v) is 4.09. The number of benzene rings is 2. The number of aryl methyl sites for hydroxylation is 1. The Balaban J connectivity index is 0.00000120. The molecule has 0 radical (unpaired) electrons. The lowest BCUT2D eigenvalue weighted by Crippen LogP contribution is -3.00. The minimum Gasteiger partial charge on any atom is -1.00 e. The molecule has 2 aromatic carbocycles. The number of hydrogen-bond acceptors (Lipinski definition) is 1. The fraction of sp³-hybridized carbons (Fsp3) is 0.0667. The normalized spacial score (nSPS) is 10.1. The summed E-state index contributed by atoms with van der Waals surface area (Å²) in [4.78, 5) is 4.69. The predicted molar refractivity (Wildman–Crippen MR) is 68.4 cm³/mol. The molecule has 0 saturated carbocycles. The molecule has 18 heavy (non-hydrogen) atoms. The Bertz CT molecular complexity index is 666. The molecule has 0 aliphatic carbocycles. The third-order valence-corrected chi connectivity index (χ3v) is 2.89. The molecule has 3 heteroatoms. The number of para-hydroxylation sites is 2. The second-order valence-electron chi connectivity index (χ2n) is 4.09. The second kappa shape index (κ2) is 5.44. The van der Waals surface area contributed by atoms with Crippen LogP contribution in [0.25, 0.3) is 22.3 Å². The van der Waals surface area contributed by atoms with E-state index < -0.39 is 0 Å². The minimum absolute atomic E-state index is 0. The molecule has 0 aliphatic rings. The summed E-state index contributed by atoms with van der Waals surface area (Å²) >= 11 is 0. The van der Waals surface area contributed by atoms with Crippen LogP contribution in [0.1, 0.15) is 0 Å². The Labute approximate surface area is 123 Å². The molecule has 90 valence electrons. The van der Waals surface area contributed by atoms with Gasteiger partial charge in [0.15, 0.2) is 6.20 Å². The first-order valence-corrected chi connectivity index (χ1v) is 5.65. The molecule has 3 rings (SSSR count). The standard InChI is InChI=1S/C15H13N2.HI/c1-17-11-14(12-7-3-2-4-8-12)16-13-9-5-6-10-15(13)17;/h2-11H,1H3;1H/q+1;/p-1. The molecule has 0 saturated heterocycles. The van der Waals surface area contributed by atoms with Gasteiger partial charge in [-0.1, -0.05) is 42.5 Å². The van der Waals surface area contributed by atoms with Gasteiger partial charge in [0.05, 0.1) is 0 Å². The zero-order valence-electron chi connectivity index (χ0n) is 10.0. The average molecular weight is 348 g/mol. The number of hydrogen-bond donors (Lipinski definition) is 0. The topological polar surface area (TPSA) is 16.8 Å². The molecule has 0 atom stereocenters. The van der Waals surface area contributed by atoms with E-state index in [1.165, 1.54) is 0 Å². The van der Waals surface area contributed by atoms with Gasteiger partial charge in [-0.3, -0.25) is 0 Å². The monoisotopic (exact) mass is 348 g/mol. The molecule has 3 aromatic rings. The van der Waals surface area contributed by atoms with E-state index in [1.54, 1.807) is 0 Å². The van der Waals surface area contributed by atoms with Gasteiger partial charge in [-0.25, -0.2) is 4.98 Å². The van der Waals surface area contributed by atoms with Crippen molar-refractivity contribution in [3.05, 3.63) is 60.8 Å². The van der Waals surface area contributed by atoms with Crippen molar-refractivity contribution in [1.82, 2.24) is 4.98 Å². The fourth-order valence-electron chi connectivity index (χ4n) is 2.02. The number of nitrogens with zero attached hydrogens (tertiary/aromatic N) is 2. The Morgan fingerprint density at radius 1 is 0.889 bits per heavy atom. The van der Waals surface area contributed by atoms with Gasteiger partial charge >= 0.3 is 0 Å². The summed E-state index contributed by atoms with van der Waals surface area (Å²) in [6, 6.07) is 18.4. The van der Waals surface area contributed by atoms with Crippen LogP contribution in [0.3, 0.4) is 0 Å². The Morgan fingerprint density at radius 2 is 1.56 bits per heavy atom. The highest BCUT2D eigenvalue weighted by Gasteiger charge is 2.09. The van der Waals surface area contributed by atoms with Crippen molar-refractivity contribution in [3.8, 4) is 11.3 Å². The molecule has 2 nitrogen and oxygen atoms in total. The van der Waals surface area contributed by atoms with Crippen LogP contribution < -0.4 is 28.5 Å². The molecule has 1 aromatic heterocycles. The largest absolute Gasteiger partial charge is 1.00 e. The van der Waals surface area contributed by atoms with Gasteiger partial charge in [0.25, 0.3) is 0 Å². The summed E-state index contributed by atoms with van der Waals surface area (Å²) in [6.45, 7) is 0. The Kier molecular flexibility index (Phi) is 3.91. The lowest BCUT2D eigenvalue weighted by Gasteiger charge is -2.01. The summed E-state index contributed by atoms with van der Waals surface area (Å²) in [7, 11) is 2.05. The van der Waals surface area contributed by atoms with E-state index >= 15 is 0 Å². The van der Waals surface area contributed by atoms with E-state index in [-0.39, 0.29) is 24.0 Å². The van der Waals surface area contributed by atoms with Crippen molar-refractivity contribution in [1.29, 1.82) is 0 Å². The van der Waals surface area contributed by atoms with Crippen molar-refractivity contribution in [2.24, 2.45) is 7.05 Å². The molecule has 0 aliphatic heterocycles. The smallest absolute Gasteiger partial charge is 0.230 e. The Morgan fingerprint density at radius 3 is 2.33 bits per heavy atom. The van der Waals surface area contributed by atoms with Crippen LogP contribution in [0.4, 0.5) is 0 Å². The molecular formula is C15H13IN2. The molecule has 0 bridgehead atoms. The van der Waals surface area contributed by atoms with Crippen molar-refractivity contribution in [2.75, 3.05) is 0 Å². The van der Waals surface area contributed by atoms with E-state index in [0.717, 1.165) is 22.3 Å². The molecule has 0 unspecified atom stereocenters. The summed E-state index contributed by atoms with van der Waals surface area (Å²) < 4.78 is 2.12. The minimum atomic E-state index is 0. The first kappa shape index (κ1) is 13.0. The van der Waals surface area contributed by atoms with Crippen LogP contribution >= 0.6 is 0 Å². The van der Waals surface area contributed by atoms with Crippen molar-refractivity contribution in [3.63, 3.8) is 0 Å². The van der Waals surface area contributed by atoms with Crippen LogP contribution in [0.5, 0.6) is 0 Å². The first-order chi connectivity index (χ1) is 8.34. The Hall–Kier alpha value is -1.49. The van der Waals surface area contributed by atoms with Gasteiger partial charge in [0, 0.05) is 11.6 Å². The molecule has 0 amide bonds.